The fraction of sp³-hybridized carbons (Fsp3) is 0. The Bertz CT molecular complexity index is 54.6. The predicted octanol–water partition coefficient (Wildman–Crippen LogP) is -2.25. The summed E-state index contributed by atoms with van der Waals surface area (Å²) in [6.45, 7) is 0. The average molecular weight is 236 g/mol. The van der Waals surface area contributed by atoms with E-state index in [0.29, 0.717) is 0 Å². The largest absolute Gasteiger partial charge is 2.00 e. The summed E-state index contributed by atoms with van der Waals surface area (Å²) in [6, 6.07) is 0. The zero-order valence-electron chi connectivity index (χ0n) is 5.11. The van der Waals surface area contributed by atoms with Crippen LogP contribution in [0, 0.1) is 30.3 Å². The summed E-state index contributed by atoms with van der Waals surface area (Å²) >= 11 is 0. The van der Waals surface area contributed by atoms with Crippen LogP contribution in [0.1, 0.15) is 0 Å². The fourth-order valence-electron chi connectivity index (χ4n) is 0. The molecule has 0 aromatic heterocycles. The molecule has 0 aliphatic heterocycles. The van der Waals surface area contributed by atoms with Crippen molar-refractivity contribution < 1.29 is 67.9 Å². The normalized spacial score (nSPS) is 3.27. The molecule has 0 spiro atoms. The zero-order valence-corrected chi connectivity index (χ0v) is 9.22. The Balaban J connectivity index is -0.0000000150. The monoisotopic (exact) mass is 235 g/mol. The van der Waals surface area contributed by atoms with Crippen molar-refractivity contribution in [1.82, 2.24) is 0 Å². The van der Waals surface area contributed by atoms with Crippen LogP contribution in [0.25, 0.3) is 0 Å². The van der Waals surface area contributed by atoms with Gasteiger partial charge in [0, 0.05) is 0 Å². The Morgan fingerprint density at radius 1 is 0.727 bits per heavy atom. The van der Waals surface area contributed by atoms with Crippen molar-refractivity contribution >= 4 is 0 Å². The molecule has 0 bridgehead atoms. The summed E-state index contributed by atoms with van der Waals surface area (Å²) in [5.74, 6) is 0. The Labute approximate surface area is 113 Å². The van der Waals surface area contributed by atoms with Crippen LogP contribution in [-0.2, 0) is 16.5 Å². The first-order valence-electron chi connectivity index (χ1n) is 1.10. The van der Waals surface area contributed by atoms with Crippen molar-refractivity contribution in [2.45, 2.75) is 0 Å². The summed E-state index contributed by atoms with van der Waals surface area (Å²) in [5.41, 5.74) is 0. The van der Waals surface area contributed by atoms with Crippen molar-refractivity contribution in [3.05, 3.63) is 30.3 Å². The summed E-state index contributed by atoms with van der Waals surface area (Å²) in [4.78, 5) is 24.0. The summed E-state index contributed by atoms with van der Waals surface area (Å²) in [5, 5.41) is 27.0. The van der Waals surface area contributed by atoms with Gasteiger partial charge in [0.15, 0.2) is 0 Å². The number of hydrogen-bond donors (Lipinski definition) is 0. The van der Waals surface area contributed by atoms with Gasteiger partial charge in [-0.1, -0.05) is 0 Å². The van der Waals surface area contributed by atoms with E-state index in [1.807, 2.05) is 0 Å². The van der Waals surface area contributed by atoms with Gasteiger partial charge in [0.25, 0.3) is 0 Å². The van der Waals surface area contributed by atoms with Gasteiger partial charge >= 0.3 is 67.9 Å². The van der Waals surface area contributed by atoms with Gasteiger partial charge in [-0.05, 0) is 0 Å². The molecule has 0 heterocycles. The standard InChI is InChI=1S/K.3HNO2.Ni/c;3*2-1-3;/h;3*(H,2,3);/q+1;;;;+2/p-3. The van der Waals surface area contributed by atoms with Gasteiger partial charge in [-0.2, -0.15) is 0 Å². The molecule has 0 fully saturated rings. The fourth-order valence-corrected chi connectivity index (χ4v) is 0. The summed E-state index contributed by atoms with van der Waals surface area (Å²) in [7, 11) is 0. The smallest absolute Gasteiger partial charge is 0.444 e. The number of rotatable bonds is 0. The van der Waals surface area contributed by atoms with E-state index in [1.54, 1.807) is 0 Å². The summed E-state index contributed by atoms with van der Waals surface area (Å²) in [6.07, 6.45) is 0. The molecule has 62 valence electrons. The molecule has 0 rings (SSSR count). The van der Waals surface area contributed by atoms with Crippen LogP contribution in [0.4, 0.5) is 0 Å². The van der Waals surface area contributed by atoms with E-state index in [1.165, 1.54) is 0 Å². The van der Waals surface area contributed by atoms with Gasteiger partial charge in [-0.3, -0.25) is 0 Å². The van der Waals surface area contributed by atoms with Gasteiger partial charge in [0.05, 0.1) is 0 Å². The Morgan fingerprint density at radius 3 is 0.727 bits per heavy atom. The minimum absolute atomic E-state index is 0. The van der Waals surface area contributed by atoms with Crippen molar-refractivity contribution in [3.63, 3.8) is 0 Å². The van der Waals surface area contributed by atoms with Gasteiger partial charge in [0.1, 0.15) is 0 Å². The van der Waals surface area contributed by atoms with Crippen molar-refractivity contribution in [3.8, 4) is 0 Å². The molecule has 0 saturated carbocycles. The van der Waals surface area contributed by atoms with E-state index in [2.05, 4.69) is 0 Å². The molecule has 11 heavy (non-hydrogen) atoms. The quantitative estimate of drug-likeness (QED) is 0.262. The average Bonchev–Trinajstić information content (AvgIpc) is 1.70. The van der Waals surface area contributed by atoms with Crippen LogP contribution in [0.5, 0.6) is 0 Å². The van der Waals surface area contributed by atoms with Gasteiger partial charge in [-0.15, -0.1) is 16.0 Å². The van der Waals surface area contributed by atoms with E-state index in [0.717, 1.165) is 16.0 Å². The second-order valence-corrected chi connectivity index (χ2v) is 0.224. The molecule has 0 aliphatic rings. The molecule has 0 unspecified atom stereocenters. The molecular formula is KN3NiO6. The third-order valence-electron chi connectivity index (χ3n) is 0. The topological polar surface area (TPSA) is 157 Å². The van der Waals surface area contributed by atoms with E-state index < -0.39 is 0 Å². The van der Waals surface area contributed by atoms with E-state index in [9.17, 15) is 0 Å². The number of nitrogens with zero attached hydrogens (tertiary/aromatic N) is 3. The molecule has 0 aromatic rings. The molecule has 0 amide bonds. The van der Waals surface area contributed by atoms with Crippen LogP contribution >= 0.6 is 0 Å². The van der Waals surface area contributed by atoms with Gasteiger partial charge in [0.2, 0.25) is 0 Å². The zero-order chi connectivity index (χ0) is 8.12. The van der Waals surface area contributed by atoms with Crippen LogP contribution in [0.15, 0.2) is 16.0 Å². The minimum Gasteiger partial charge on any atom is -0.444 e. The molecule has 0 atom stereocenters. The Hall–Kier alpha value is 0.330. The maximum absolute atomic E-state index is 8.00. The summed E-state index contributed by atoms with van der Waals surface area (Å²) < 4.78 is 0. The van der Waals surface area contributed by atoms with Crippen molar-refractivity contribution in [2.75, 3.05) is 0 Å². The van der Waals surface area contributed by atoms with E-state index in [-0.39, 0.29) is 67.9 Å². The molecule has 9 nitrogen and oxygen atoms in total. The van der Waals surface area contributed by atoms with Crippen LogP contribution < -0.4 is 51.4 Å². The van der Waals surface area contributed by atoms with E-state index in [4.69, 9.17) is 30.3 Å². The first-order valence-corrected chi connectivity index (χ1v) is 1.10. The van der Waals surface area contributed by atoms with Gasteiger partial charge < -0.3 is 30.3 Å². The second kappa shape index (κ2) is 81.1. The van der Waals surface area contributed by atoms with Crippen LogP contribution in [-0.4, -0.2) is 0 Å². The molecule has 0 radical (unpaired) electrons. The predicted molar refractivity (Wildman–Crippen MR) is 27.5 cm³/mol. The first-order chi connectivity index (χ1) is 4.24. The van der Waals surface area contributed by atoms with Gasteiger partial charge in [-0.25, -0.2) is 0 Å². The molecule has 11 heteroatoms. The van der Waals surface area contributed by atoms with Crippen molar-refractivity contribution in [2.24, 2.45) is 16.0 Å². The molecule has 0 saturated heterocycles. The van der Waals surface area contributed by atoms with Crippen LogP contribution in [0.2, 0.25) is 0 Å². The molecule has 0 N–H and O–H groups in total. The Kier molecular flexibility index (Phi) is 222. The van der Waals surface area contributed by atoms with Crippen LogP contribution in [0.3, 0.4) is 0 Å². The number of hydrogen-bond acceptors (Lipinski definition) is 9. The van der Waals surface area contributed by atoms with Crippen molar-refractivity contribution in [1.29, 1.82) is 0 Å². The molecule has 0 aromatic carbocycles. The maximum atomic E-state index is 8.00. The minimum atomic E-state index is 0. The molecule has 0 aliphatic carbocycles. The third kappa shape index (κ3) is 6590. The molecular weight excluding hydrogens is 236 g/mol. The second-order valence-electron chi connectivity index (χ2n) is 0.224. The van der Waals surface area contributed by atoms with E-state index >= 15 is 0 Å². The maximum Gasteiger partial charge on any atom is 2.00 e. The first kappa shape index (κ1) is 30.2. The SMILES string of the molecule is O=N[O-].O=N[O-].O=N[O-].[K+].[Ni+2]. The third-order valence-corrected chi connectivity index (χ3v) is 0. The Morgan fingerprint density at radius 2 is 0.727 bits per heavy atom.